The van der Waals surface area contributed by atoms with Crippen LogP contribution in [0.15, 0.2) is 6.07 Å². The fourth-order valence-electron chi connectivity index (χ4n) is 2.58. The number of carbonyl (C=O) groups is 1. The number of anilines is 1. The summed E-state index contributed by atoms with van der Waals surface area (Å²) in [7, 11) is 0. The molecule has 19 heavy (non-hydrogen) atoms. The summed E-state index contributed by atoms with van der Waals surface area (Å²) in [5.41, 5.74) is 7.81. The number of nitrogens with two attached hydrogens (primary N) is 1. The Balaban J connectivity index is 2.28. The Hall–Kier alpha value is -1.93. The summed E-state index contributed by atoms with van der Waals surface area (Å²) < 4.78 is 0. The highest BCUT2D eigenvalue weighted by molar-refractivity contribution is 7.19. The molecule has 0 fully saturated rings. The minimum atomic E-state index is -0.0500. The molecule has 0 saturated carbocycles. The molecule has 2 aromatic rings. The molecule has 0 unspecified atom stereocenters. The van der Waals surface area contributed by atoms with Crippen molar-refractivity contribution in [1.29, 1.82) is 5.26 Å². The van der Waals surface area contributed by atoms with Gasteiger partial charge in [0.1, 0.15) is 15.8 Å². The number of hydrogen-bond donors (Lipinski definition) is 1. The average molecular weight is 271 g/mol. The molecule has 0 bridgehead atoms. The predicted molar refractivity (Wildman–Crippen MR) is 75.2 cm³/mol. The molecule has 0 atom stereocenters. The number of hydrogen-bond acceptors (Lipinski definition) is 5. The van der Waals surface area contributed by atoms with Crippen LogP contribution in [0.3, 0.4) is 0 Å². The fourth-order valence-corrected chi connectivity index (χ4v) is 3.48. The maximum atomic E-state index is 12.2. The minimum Gasteiger partial charge on any atom is -0.396 e. The van der Waals surface area contributed by atoms with Crippen LogP contribution in [0.1, 0.15) is 41.2 Å². The lowest BCUT2D eigenvalue weighted by molar-refractivity contribution is 0.0910. The van der Waals surface area contributed by atoms with Gasteiger partial charge in [-0.3, -0.25) is 4.79 Å². The topological polar surface area (TPSA) is 79.8 Å². The first-order valence-corrected chi connectivity index (χ1v) is 6.88. The van der Waals surface area contributed by atoms with E-state index < -0.39 is 0 Å². The third-order valence-electron chi connectivity index (χ3n) is 3.49. The van der Waals surface area contributed by atoms with Crippen molar-refractivity contribution in [1.82, 2.24) is 4.98 Å². The van der Waals surface area contributed by atoms with Gasteiger partial charge in [0.25, 0.3) is 0 Å². The predicted octanol–water partition coefficient (Wildman–Crippen LogP) is 2.91. The van der Waals surface area contributed by atoms with E-state index in [1.807, 2.05) is 6.07 Å². The summed E-state index contributed by atoms with van der Waals surface area (Å²) in [5, 5.41) is 9.74. The van der Waals surface area contributed by atoms with Crippen LogP contribution in [0.4, 0.5) is 5.69 Å². The van der Waals surface area contributed by atoms with Gasteiger partial charge >= 0.3 is 0 Å². The van der Waals surface area contributed by atoms with Crippen molar-refractivity contribution < 1.29 is 4.79 Å². The number of rotatable bonds is 0. The Kier molecular flexibility index (Phi) is 2.41. The molecule has 2 aromatic heterocycles. The molecule has 96 valence electrons. The molecule has 3 rings (SSSR count). The Labute approximate surface area is 114 Å². The molecule has 1 aliphatic carbocycles. The second-order valence-corrected chi connectivity index (χ2v) is 6.73. The standard InChI is InChI=1S/C14H13N3OS/c1-14(2)4-9-7(10(18)5-14)3-8-12(16)11(6-15)19-13(8)17-9/h3H,4-5,16H2,1-2H3. The number of nitrogen functional groups attached to an aromatic ring is 1. The highest BCUT2D eigenvalue weighted by Gasteiger charge is 2.32. The summed E-state index contributed by atoms with van der Waals surface area (Å²) in [4.78, 5) is 18.0. The molecular formula is C14H13N3OS. The number of ketones is 1. The first-order valence-electron chi connectivity index (χ1n) is 6.06. The van der Waals surface area contributed by atoms with E-state index >= 15 is 0 Å². The number of Topliss-reactive ketones (excluding diaryl/α,β-unsaturated/α-hetero) is 1. The smallest absolute Gasteiger partial charge is 0.165 e. The number of pyridine rings is 1. The number of fused-ring (bicyclic) bond motifs is 2. The van der Waals surface area contributed by atoms with Crippen molar-refractivity contribution in [3.8, 4) is 6.07 Å². The van der Waals surface area contributed by atoms with Crippen LogP contribution in [0.25, 0.3) is 10.2 Å². The molecular weight excluding hydrogens is 258 g/mol. The maximum absolute atomic E-state index is 12.2. The lowest BCUT2D eigenvalue weighted by Crippen LogP contribution is -2.27. The molecule has 0 amide bonds. The highest BCUT2D eigenvalue weighted by Crippen LogP contribution is 2.38. The van der Waals surface area contributed by atoms with Crippen LogP contribution >= 0.6 is 11.3 Å². The van der Waals surface area contributed by atoms with Crippen LogP contribution in [0.2, 0.25) is 0 Å². The summed E-state index contributed by atoms with van der Waals surface area (Å²) in [6, 6.07) is 3.88. The average Bonchev–Trinajstić information content (AvgIpc) is 2.62. The Morgan fingerprint density at radius 1 is 1.47 bits per heavy atom. The van der Waals surface area contributed by atoms with Crippen LogP contribution in [0.5, 0.6) is 0 Å². The molecule has 0 saturated heterocycles. The van der Waals surface area contributed by atoms with E-state index in [1.165, 1.54) is 11.3 Å². The zero-order valence-electron chi connectivity index (χ0n) is 10.8. The number of nitrogens with zero attached hydrogens (tertiary/aromatic N) is 2. The molecule has 2 N–H and O–H groups in total. The molecule has 0 aliphatic heterocycles. The number of aromatic nitrogens is 1. The normalized spacial score (nSPS) is 17.2. The second kappa shape index (κ2) is 3.78. The molecule has 0 radical (unpaired) electrons. The first-order chi connectivity index (χ1) is 8.91. The van der Waals surface area contributed by atoms with Gasteiger partial charge in [0.15, 0.2) is 5.78 Å². The second-order valence-electron chi connectivity index (χ2n) is 5.73. The molecule has 0 spiro atoms. The van der Waals surface area contributed by atoms with Gasteiger partial charge in [-0.15, -0.1) is 11.3 Å². The van der Waals surface area contributed by atoms with Gasteiger partial charge < -0.3 is 5.73 Å². The van der Waals surface area contributed by atoms with Gasteiger partial charge in [0, 0.05) is 17.4 Å². The van der Waals surface area contributed by atoms with Gasteiger partial charge in [-0.2, -0.15) is 5.26 Å². The van der Waals surface area contributed by atoms with E-state index in [0.717, 1.165) is 22.3 Å². The van der Waals surface area contributed by atoms with E-state index in [2.05, 4.69) is 24.9 Å². The van der Waals surface area contributed by atoms with E-state index in [-0.39, 0.29) is 11.2 Å². The Morgan fingerprint density at radius 2 is 2.21 bits per heavy atom. The minimum absolute atomic E-state index is 0.0500. The quantitative estimate of drug-likeness (QED) is 0.799. The molecule has 2 heterocycles. The summed E-state index contributed by atoms with van der Waals surface area (Å²) in [5.74, 6) is 0.116. The monoisotopic (exact) mass is 271 g/mol. The summed E-state index contributed by atoms with van der Waals surface area (Å²) >= 11 is 1.29. The van der Waals surface area contributed by atoms with Crippen LogP contribution in [0, 0.1) is 16.7 Å². The van der Waals surface area contributed by atoms with Crippen molar-refractivity contribution in [2.45, 2.75) is 26.7 Å². The van der Waals surface area contributed by atoms with Crippen LogP contribution in [-0.4, -0.2) is 10.8 Å². The Bertz CT molecular complexity index is 752. The Morgan fingerprint density at radius 3 is 2.89 bits per heavy atom. The van der Waals surface area contributed by atoms with Gasteiger partial charge in [-0.1, -0.05) is 13.8 Å². The highest BCUT2D eigenvalue weighted by atomic mass is 32.1. The van der Waals surface area contributed by atoms with Gasteiger partial charge in [-0.25, -0.2) is 4.98 Å². The van der Waals surface area contributed by atoms with Crippen molar-refractivity contribution in [2.75, 3.05) is 5.73 Å². The van der Waals surface area contributed by atoms with Crippen molar-refractivity contribution in [3.63, 3.8) is 0 Å². The number of thiophene rings is 1. The zero-order valence-corrected chi connectivity index (χ0v) is 11.6. The van der Waals surface area contributed by atoms with E-state index in [9.17, 15) is 4.79 Å². The van der Waals surface area contributed by atoms with E-state index in [0.29, 0.717) is 22.5 Å². The first kappa shape index (κ1) is 12.1. The third kappa shape index (κ3) is 1.80. The molecule has 1 aliphatic rings. The van der Waals surface area contributed by atoms with Crippen LogP contribution in [-0.2, 0) is 6.42 Å². The van der Waals surface area contributed by atoms with E-state index in [4.69, 9.17) is 11.0 Å². The van der Waals surface area contributed by atoms with E-state index in [1.54, 1.807) is 0 Å². The lowest BCUT2D eigenvalue weighted by atomic mass is 9.75. The van der Waals surface area contributed by atoms with Gasteiger partial charge in [-0.05, 0) is 17.9 Å². The van der Waals surface area contributed by atoms with Gasteiger partial charge in [0.05, 0.1) is 11.4 Å². The summed E-state index contributed by atoms with van der Waals surface area (Å²) in [6.45, 7) is 4.15. The number of nitriles is 1. The van der Waals surface area contributed by atoms with Crippen LogP contribution < -0.4 is 5.73 Å². The molecule has 4 nitrogen and oxygen atoms in total. The van der Waals surface area contributed by atoms with Gasteiger partial charge in [0.2, 0.25) is 0 Å². The largest absolute Gasteiger partial charge is 0.396 e. The zero-order chi connectivity index (χ0) is 13.8. The third-order valence-corrected chi connectivity index (χ3v) is 4.51. The molecule has 0 aromatic carbocycles. The number of carbonyl (C=O) groups excluding carboxylic acids is 1. The van der Waals surface area contributed by atoms with Crippen molar-refractivity contribution in [2.24, 2.45) is 5.41 Å². The molecule has 5 heteroatoms. The van der Waals surface area contributed by atoms with Crippen molar-refractivity contribution in [3.05, 3.63) is 22.2 Å². The SMILES string of the molecule is CC1(C)CC(=O)c2cc3c(N)c(C#N)sc3nc2C1. The lowest BCUT2D eigenvalue weighted by Gasteiger charge is -2.29. The fraction of sp³-hybridized carbons (Fsp3) is 0.357. The van der Waals surface area contributed by atoms with Crippen molar-refractivity contribution >= 4 is 33.0 Å². The maximum Gasteiger partial charge on any atom is 0.165 e. The summed E-state index contributed by atoms with van der Waals surface area (Å²) in [6.07, 6.45) is 1.31.